The smallest absolute Gasteiger partial charge is 0.312 e. The maximum atomic E-state index is 11.6. The van der Waals surface area contributed by atoms with Gasteiger partial charge in [0, 0.05) is 6.54 Å². The topological polar surface area (TPSA) is 113 Å². The van der Waals surface area contributed by atoms with Crippen LogP contribution in [0.15, 0.2) is 0 Å². The van der Waals surface area contributed by atoms with E-state index in [2.05, 4.69) is 16.0 Å². The number of Topliss-reactive ketones (excluding diaryl/α,β-unsaturated/α-hetero) is 1. The van der Waals surface area contributed by atoms with Gasteiger partial charge >= 0.3 is 6.03 Å². The lowest BCUT2D eigenvalue weighted by atomic mass is 10.1. The van der Waals surface area contributed by atoms with Gasteiger partial charge in [-0.1, -0.05) is 0 Å². The molecule has 0 aromatic carbocycles. The third-order valence-corrected chi connectivity index (χ3v) is 2.15. The summed E-state index contributed by atoms with van der Waals surface area (Å²) in [6, 6.07) is -0.948. The Bertz CT molecular complexity index is 281. The molecule has 7 heteroatoms. The van der Waals surface area contributed by atoms with Crippen molar-refractivity contribution in [1.82, 2.24) is 16.0 Å². The Morgan fingerprint density at radius 3 is 2.35 bits per heavy atom. The molecule has 0 heterocycles. The lowest BCUT2D eigenvalue weighted by Gasteiger charge is -2.15. The zero-order valence-electron chi connectivity index (χ0n) is 10.2. The molecule has 0 saturated heterocycles. The summed E-state index contributed by atoms with van der Waals surface area (Å²) in [6.07, 6.45) is 1.18. The Kier molecular flexibility index (Phi) is 7.70. The van der Waals surface area contributed by atoms with Gasteiger partial charge in [0.1, 0.15) is 5.78 Å². The third-order valence-electron chi connectivity index (χ3n) is 2.15. The summed E-state index contributed by atoms with van der Waals surface area (Å²) >= 11 is 0. The van der Waals surface area contributed by atoms with Gasteiger partial charge in [-0.05, 0) is 26.8 Å². The largest absolute Gasteiger partial charge is 0.352 e. The fraction of sp³-hybridized carbons (Fsp3) is 0.700. The number of ketones is 1. The minimum atomic E-state index is -0.577. The molecule has 0 aromatic heterocycles. The highest BCUT2D eigenvalue weighted by Crippen LogP contribution is 1.96. The van der Waals surface area contributed by atoms with Crippen molar-refractivity contribution < 1.29 is 14.4 Å². The Morgan fingerprint density at radius 2 is 1.88 bits per heavy atom. The summed E-state index contributed by atoms with van der Waals surface area (Å²) in [4.78, 5) is 32.7. The molecule has 7 nitrogen and oxygen atoms in total. The third kappa shape index (κ3) is 8.21. The van der Waals surface area contributed by atoms with Crippen molar-refractivity contribution >= 4 is 17.7 Å². The minimum absolute atomic E-state index is 0.0382. The maximum absolute atomic E-state index is 11.6. The van der Waals surface area contributed by atoms with Crippen molar-refractivity contribution in [1.29, 1.82) is 0 Å². The monoisotopic (exact) mass is 244 g/mol. The second-order valence-electron chi connectivity index (χ2n) is 3.69. The molecule has 0 aliphatic rings. The van der Waals surface area contributed by atoms with E-state index in [1.54, 1.807) is 7.05 Å². The van der Waals surface area contributed by atoms with Crippen LogP contribution in [0.3, 0.4) is 0 Å². The predicted octanol–water partition coefficient (Wildman–Crippen LogP) is -1.27. The van der Waals surface area contributed by atoms with Crippen LogP contribution in [0.1, 0.15) is 19.8 Å². The van der Waals surface area contributed by atoms with Gasteiger partial charge in [0.2, 0.25) is 5.91 Å². The van der Waals surface area contributed by atoms with Crippen molar-refractivity contribution in [3.63, 3.8) is 0 Å². The van der Waals surface area contributed by atoms with Crippen molar-refractivity contribution in [2.75, 3.05) is 20.1 Å². The quantitative estimate of drug-likeness (QED) is 0.398. The number of hydrogen-bond donors (Lipinski definition) is 4. The number of carbonyl (C=O) groups is 3. The number of rotatable bonds is 8. The molecular weight excluding hydrogens is 224 g/mol. The van der Waals surface area contributed by atoms with Gasteiger partial charge in [-0.25, -0.2) is 4.79 Å². The van der Waals surface area contributed by atoms with Gasteiger partial charge in [0.25, 0.3) is 0 Å². The molecule has 0 bridgehead atoms. The Balaban J connectivity index is 3.85. The molecule has 0 saturated carbocycles. The van der Waals surface area contributed by atoms with Gasteiger partial charge < -0.3 is 21.7 Å². The summed E-state index contributed by atoms with van der Waals surface area (Å²) in [5.74, 6) is -0.314. The molecule has 3 amide bonds. The van der Waals surface area contributed by atoms with E-state index in [9.17, 15) is 14.4 Å². The van der Waals surface area contributed by atoms with Crippen LogP contribution in [-0.4, -0.2) is 43.9 Å². The molecule has 1 atom stereocenters. The van der Waals surface area contributed by atoms with Crippen LogP contribution in [-0.2, 0) is 9.59 Å². The van der Waals surface area contributed by atoms with E-state index in [1.165, 1.54) is 6.92 Å². The lowest BCUT2D eigenvalue weighted by Crippen LogP contribution is -2.44. The Morgan fingerprint density at radius 1 is 1.24 bits per heavy atom. The zero-order chi connectivity index (χ0) is 13.3. The first-order chi connectivity index (χ1) is 7.97. The summed E-state index contributed by atoms with van der Waals surface area (Å²) in [6.45, 7) is 1.87. The summed E-state index contributed by atoms with van der Waals surface area (Å²) in [7, 11) is 1.67. The van der Waals surface area contributed by atoms with Crippen molar-refractivity contribution in [2.45, 2.75) is 25.8 Å². The molecule has 17 heavy (non-hydrogen) atoms. The molecule has 98 valence electrons. The number of urea groups is 1. The van der Waals surface area contributed by atoms with E-state index in [1.807, 2.05) is 0 Å². The highest BCUT2D eigenvalue weighted by Gasteiger charge is 2.15. The average Bonchev–Trinajstić information content (AvgIpc) is 2.25. The molecular formula is C10H20N4O3. The summed E-state index contributed by atoms with van der Waals surface area (Å²) in [5.41, 5.74) is 4.90. The lowest BCUT2D eigenvalue weighted by molar-refractivity contribution is -0.126. The van der Waals surface area contributed by atoms with E-state index in [0.29, 0.717) is 19.4 Å². The predicted molar refractivity (Wildman–Crippen MR) is 63.4 cm³/mol. The van der Waals surface area contributed by atoms with E-state index in [0.717, 1.165) is 0 Å². The van der Waals surface area contributed by atoms with E-state index in [-0.39, 0.29) is 24.3 Å². The number of nitrogens with two attached hydrogens (primary N) is 1. The maximum Gasteiger partial charge on any atom is 0.312 e. The molecule has 0 aliphatic heterocycles. The van der Waals surface area contributed by atoms with Crippen molar-refractivity contribution in [3.8, 4) is 0 Å². The average molecular weight is 244 g/mol. The molecule has 0 radical (unpaired) electrons. The minimum Gasteiger partial charge on any atom is -0.352 e. The first kappa shape index (κ1) is 15.4. The summed E-state index contributed by atoms with van der Waals surface area (Å²) < 4.78 is 0. The zero-order valence-corrected chi connectivity index (χ0v) is 10.2. The number of nitrogens with one attached hydrogen (secondary N) is 3. The Labute approximate surface area is 100 Å². The highest BCUT2D eigenvalue weighted by molar-refractivity contribution is 5.87. The number of hydrogen-bond acceptors (Lipinski definition) is 4. The summed E-state index contributed by atoms with van der Waals surface area (Å²) in [5, 5.41) is 7.81. The van der Waals surface area contributed by atoms with Crippen molar-refractivity contribution in [3.05, 3.63) is 0 Å². The van der Waals surface area contributed by atoms with Gasteiger partial charge in [-0.15, -0.1) is 0 Å². The normalized spacial score (nSPS) is 11.6. The molecule has 0 unspecified atom stereocenters. The molecule has 0 aromatic rings. The molecule has 0 rings (SSSR count). The van der Waals surface area contributed by atoms with Crippen LogP contribution < -0.4 is 21.7 Å². The molecule has 0 spiro atoms. The van der Waals surface area contributed by atoms with Gasteiger partial charge in [-0.3, -0.25) is 9.59 Å². The standard InChI is InChI=1S/C10H20N4O3/c1-7(15)6-14-9(16)8(12-2)4-3-5-13-10(11)17/h8,12H,3-6H2,1-2H3,(H,14,16)(H3,11,13,17)/t8-/m0/s1. The highest BCUT2D eigenvalue weighted by atomic mass is 16.2. The number of primary amides is 1. The van der Waals surface area contributed by atoms with Crippen LogP contribution in [0.25, 0.3) is 0 Å². The first-order valence-corrected chi connectivity index (χ1v) is 5.45. The number of likely N-dealkylation sites (N-methyl/N-ethyl adjacent to an activating group) is 1. The second kappa shape index (κ2) is 8.51. The van der Waals surface area contributed by atoms with Crippen LogP contribution in [0.2, 0.25) is 0 Å². The Hall–Kier alpha value is -1.63. The first-order valence-electron chi connectivity index (χ1n) is 5.45. The van der Waals surface area contributed by atoms with E-state index in [4.69, 9.17) is 5.73 Å². The molecule has 0 fully saturated rings. The molecule has 0 aliphatic carbocycles. The fourth-order valence-electron chi connectivity index (χ4n) is 1.26. The SMILES string of the molecule is CN[C@@H](CCCNC(N)=O)C(=O)NCC(C)=O. The van der Waals surface area contributed by atoms with Crippen molar-refractivity contribution in [2.24, 2.45) is 5.73 Å². The number of amides is 3. The van der Waals surface area contributed by atoms with Crippen LogP contribution >= 0.6 is 0 Å². The van der Waals surface area contributed by atoms with Crippen LogP contribution in [0.5, 0.6) is 0 Å². The van der Waals surface area contributed by atoms with Crippen LogP contribution in [0.4, 0.5) is 4.79 Å². The van der Waals surface area contributed by atoms with Gasteiger partial charge in [-0.2, -0.15) is 0 Å². The molecule has 5 N–H and O–H groups in total. The van der Waals surface area contributed by atoms with Gasteiger partial charge in [0.15, 0.2) is 0 Å². The van der Waals surface area contributed by atoms with E-state index >= 15 is 0 Å². The number of carbonyl (C=O) groups excluding carboxylic acids is 3. The van der Waals surface area contributed by atoms with Crippen LogP contribution in [0, 0.1) is 0 Å². The van der Waals surface area contributed by atoms with Gasteiger partial charge in [0.05, 0.1) is 12.6 Å². The fourth-order valence-corrected chi connectivity index (χ4v) is 1.26. The second-order valence-corrected chi connectivity index (χ2v) is 3.69. The van der Waals surface area contributed by atoms with E-state index < -0.39 is 6.03 Å².